The molecule has 3 aromatic rings. The van der Waals surface area contributed by atoms with Gasteiger partial charge in [-0.1, -0.05) is 58.6 Å². The predicted octanol–water partition coefficient (Wildman–Crippen LogP) is 6.09. The summed E-state index contributed by atoms with van der Waals surface area (Å²) in [7, 11) is 0. The van der Waals surface area contributed by atoms with Crippen LogP contribution in [0, 0.1) is 6.92 Å². The molecular weight excluding hydrogens is 355 g/mol. The third-order valence-electron chi connectivity index (χ3n) is 3.13. The molecule has 0 unspecified atom stereocenters. The van der Waals surface area contributed by atoms with Crippen LogP contribution in [0.2, 0.25) is 10.0 Å². The molecule has 0 amide bonds. The van der Waals surface area contributed by atoms with Crippen LogP contribution in [0.25, 0.3) is 22.6 Å². The zero-order valence-corrected chi connectivity index (χ0v) is 14.3. The van der Waals surface area contributed by atoms with E-state index in [-0.39, 0.29) is 5.89 Å². The standard InChI is InChI=1S/C17H11Cl3N2O/c1-10-3-2-4-12(7-10)16-21-22-17(23-16)15(20)9-11-5-6-13(18)14(19)8-11/h2-9H,1H3/b15-9-. The molecule has 0 fully saturated rings. The number of hydrogen-bond acceptors (Lipinski definition) is 3. The Morgan fingerprint density at radius 3 is 2.61 bits per heavy atom. The SMILES string of the molecule is Cc1cccc(-c2nnc(/C(Cl)=C/c3ccc(Cl)c(Cl)c3)o2)c1. The third-order valence-corrected chi connectivity index (χ3v) is 4.14. The fraction of sp³-hybridized carbons (Fsp3) is 0.0588. The Hall–Kier alpha value is -1.81. The average molecular weight is 366 g/mol. The summed E-state index contributed by atoms with van der Waals surface area (Å²) in [5.74, 6) is 0.665. The van der Waals surface area contributed by atoms with E-state index in [1.807, 2.05) is 31.2 Å². The topological polar surface area (TPSA) is 38.9 Å². The zero-order chi connectivity index (χ0) is 16.4. The van der Waals surface area contributed by atoms with Gasteiger partial charge in [-0.3, -0.25) is 0 Å². The maximum atomic E-state index is 6.25. The van der Waals surface area contributed by atoms with Gasteiger partial charge in [-0.2, -0.15) is 0 Å². The van der Waals surface area contributed by atoms with Gasteiger partial charge in [-0.15, -0.1) is 10.2 Å². The molecule has 0 saturated carbocycles. The Bertz CT molecular complexity index is 887. The molecule has 3 nitrogen and oxygen atoms in total. The van der Waals surface area contributed by atoms with Crippen molar-refractivity contribution in [2.24, 2.45) is 0 Å². The molecule has 0 spiro atoms. The molecule has 0 aliphatic heterocycles. The lowest BCUT2D eigenvalue weighted by Crippen LogP contribution is -1.79. The van der Waals surface area contributed by atoms with Crippen molar-refractivity contribution in [2.45, 2.75) is 6.92 Å². The van der Waals surface area contributed by atoms with Crippen LogP contribution in [0.3, 0.4) is 0 Å². The maximum absolute atomic E-state index is 6.25. The van der Waals surface area contributed by atoms with Crippen molar-refractivity contribution in [3.05, 3.63) is 69.5 Å². The van der Waals surface area contributed by atoms with Crippen LogP contribution in [-0.2, 0) is 0 Å². The summed E-state index contributed by atoms with van der Waals surface area (Å²) in [4.78, 5) is 0. The fourth-order valence-corrected chi connectivity index (χ4v) is 2.53. The van der Waals surface area contributed by atoms with E-state index in [2.05, 4.69) is 10.2 Å². The quantitative estimate of drug-likeness (QED) is 0.564. The first-order chi connectivity index (χ1) is 11.0. The van der Waals surface area contributed by atoms with Crippen molar-refractivity contribution in [1.29, 1.82) is 0 Å². The average Bonchev–Trinajstić information content (AvgIpc) is 3.01. The lowest BCUT2D eigenvalue weighted by molar-refractivity contribution is 0.556. The molecule has 1 aromatic heterocycles. The summed E-state index contributed by atoms with van der Waals surface area (Å²) in [5.41, 5.74) is 2.75. The second-order valence-electron chi connectivity index (χ2n) is 4.95. The van der Waals surface area contributed by atoms with Crippen LogP contribution >= 0.6 is 34.8 Å². The summed E-state index contributed by atoms with van der Waals surface area (Å²) in [5, 5.41) is 9.28. The van der Waals surface area contributed by atoms with Gasteiger partial charge in [0, 0.05) is 5.56 Å². The van der Waals surface area contributed by atoms with E-state index in [1.54, 1.807) is 24.3 Å². The van der Waals surface area contributed by atoms with Crippen molar-refractivity contribution in [3.63, 3.8) is 0 Å². The fourth-order valence-electron chi connectivity index (χ4n) is 2.02. The molecule has 0 radical (unpaired) electrons. The second-order valence-corrected chi connectivity index (χ2v) is 6.17. The Morgan fingerprint density at radius 1 is 1.04 bits per heavy atom. The Balaban J connectivity index is 1.90. The molecule has 3 rings (SSSR count). The van der Waals surface area contributed by atoms with Crippen molar-refractivity contribution >= 4 is 45.9 Å². The van der Waals surface area contributed by atoms with Crippen LogP contribution < -0.4 is 0 Å². The number of benzene rings is 2. The lowest BCUT2D eigenvalue weighted by atomic mass is 10.1. The minimum Gasteiger partial charge on any atom is -0.415 e. The first kappa shape index (κ1) is 16.1. The van der Waals surface area contributed by atoms with Gasteiger partial charge in [0.1, 0.15) is 5.03 Å². The highest BCUT2D eigenvalue weighted by atomic mass is 35.5. The summed E-state index contributed by atoms with van der Waals surface area (Å²) in [6.45, 7) is 2.00. The molecule has 1 heterocycles. The molecule has 0 N–H and O–H groups in total. The Kier molecular flexibility index (Phi) is 4.71. The highest BCUT2D eigenvalue weighted by Crippen LogP contribution is 2.28. The molecule has 0 aliphatic carbocycles. The van der Waals surface area contributed by atoms with Crippen LogP contribution in [-0.4, -0.2) is 10.2 Å². The van der Waals surface area contributed by atoms with Gasteiger partial charge in [0.15, 0.2) is 0 Å². The van der Waals surface area contributed by atoms with E-state index >= 15 is 0 Å². The number of aryl methyl sites for hydroxylation is 1. The largest absolute Gasteiger partial charge is 0.415 e. The van der Waals surface area contributed by atoms with E-state index in [4.69, 9.17) is 39.2 Å². The van der Waals surface area contributed by atoms with Gasteiger partial charge < -0.3 is 4.42 Å². The Labute approximate surface area is 148 Å². The summed E-state index contributed by atoms with van der Waals surface area (Å²) >= 11 is 18.1. The molecule has 116 valence electrons. The zero-order valence-electron chi connectivity index (χ0n) is 12.1. The molecular formula is C17H11Cl3N2O. The van der Waals surface area contributed by atoms with E-state index in [0.717, 1.165) is 16.7 Å². The van der Waals surface area contributed by atoms with E-state index < -0.39 is 0 Å². The third kappa shape index (κ3) is 3.75. The summed E-state index contributed by atoms with van der Waals surface area (Å²) < 4.78 is 5.63. The monoisotopic (exact) mass is 364 g/mol. The molecule has 0 saturated heterocycles. The predicted molar refractivity (Wildman–Crippen MR) is 94.7 cm³/mol. The number of hydrogen-bond donors (Lipinski definition) is 0. The highest BCUT2D eigenvalue weighted by molar-refractivity contribution is 6.50. The minimum atomic E-state index is 0.245. The van der Waals surface area contributed by atoms with Gasteiger partial charge in [0.2, 0.25) is 5.89 Å². The van der Waals surface area contributed by atoms with E-state index in [9.17, 15) is 0 Å². The van der Waals surface area contributed by atoms with Crippen LogP contribution in [0.5, 0.6) is 0 Å². The van der Waals surface area contributed by atoms with E-state index in [1.165, 1.54) is 0 Å². The minimum absolute atomic E-state index is 0.245. The molecule has 2 aromatic carbocycles. The van der Waals surface area contributed by atoms with Gasteiger partial charge in [0.05, 0.1) is 10.0 Å². The van der Waals surface area contributed by atoms with Crippen molar-refractivity contribution in [3.8, 4) is 11.5 Å². The number of rotatable bonds is 3. The maximum Gasteiger partial charge on any atom is 0.259 e. The highest BCUT2D eigenvalue weighted by Gasteiger charge is 2.11. The summed E-state index contributed by atoms with van der Waals surface area (Å²) in [6, 6.07) is 13.0. The Morgan fingerprint density at radius 2 is 1.87 bits per heavy atom. The number of aromatic nitrogens is 2. The normalized spacial score (nSPS) is 11.7. The molecule has 0 atom stereocenters. The molecule has 6 heteroatoms. The van der Waals surface area contributed by atoms with Crippen LogP contribution in [0.1, 0.15) is 17.0 Å². The summed E-state index contributed by atoms with van der Waals surface area (Å²) in [6.07, 6.45) is 1.69. The van der Waals surface area contributed by atoms with Gasteiger partial charge in [-0.05, 0) is 42.8 Å². The van der Waals surface area contributed by atoms with Gasteiger partial charge in [0.25, 0.3) is 5.89 Å². The van der Waals surface area contributed by atoms with Gasteiger partial charge >= 0.3 is 0 Å². The van der Waals surface area contributed by atoms with E-state index in [0.29, 0.717) is 21.0 Å². The molecule has 0 aliphatic rings. The van der Waals surface area contributed by atoms with Crippen molar-refractivity contribution in [1.82, 2.24) is 10.2 Å². The first-order valence-corrected chi connectivity index (χ1v) is 7.89. The van der Waals surface area contributed by atoms with Crippen molar-refractivity contribution in [2.75, 3.05) is 0 Å². The van der Waals surface area contributed by atoms with Crippen molar-refractivity contribution < 1.29 is 4.42 Å². The van der Waals surface area contributed by atoms with Crippen LogP contribution in [0.4, 0.5) is 0 Å². The molecule has 0 bridgehead atoms. The number of halogens is 3. The smallest absolute Gasteiger partial charge is 0.259 e. The second kappa shape index (κ2) is 6.75. The van der Waals surface area contributed by atoms with Crippen LogP contribution in [0.15, 0.2) is 46.9 Å². The number of nitrogens with zero attached hydrogens (tertiary/aromatic N) is 2. The van der Waals surface area contributed by atoms with Gasteiger partial charge in [-0.25, -0.2) is 0 Å². The first-order valence-electron chi connectivity index (χ1n) is 6.76. The molecule has 23 heavy (non-hydrogen) atoms. The lowest BCUT2D eigenvalue weighted by Gasteiger charge is -1.98.